The molecule has 0 rings (SSSR count). The van der Waals surface area contributed by atoms with E-state index in [9.17, 15) is 19.8 Å². The minimum Gasteiger partial charge on any atom is -0.466 e. The molecule has 0 fully saturated rings. The van der Waals surface area contributed by atoms with Crippen LogP contribution < -0.4 is 5.32 Å². The maximum atomic E-state index is 12.6. The highest BCUT2D eigenvalue weighted by Gasteiger charge is 2.20. The van der Waals surface area contributed by atoms with E-state index in [1.807, 2.05) is 0 Å². The first-order valence-electron chi connectivity index (χ1n) is 40.6. The van der Waals surface area contributed by atoms with Crippen LogP contribution in [-0.4, -0.2) is 47.4 Å². The topological polar surface area (TPSA) is 95.9 Å². The zero-order chi connectivity index (χ0) is 63.5. The first kappa shape index (κ1) is 86.3. The van der Waals surface area contributed by atoms with Crippen LogP contribution in [0.25, 0.3) is 0 Å². The second-order valence-corrected chi connectivity index (χ2v) is 28.1. The van der Waals surface area contributed by atoms with E-state index < -0.39 is 12.1 Å². The first-order valence-corrected chi connectivity index (χ1v) is 40.6. The molecular weight excluding hydrogens is 1080 g/mol. The summed E-state index contributed by atoms with van der Waals surface area (Å²) < 4.78 is 5.50. The van der Waals surface area contributed by atoms with Gasteiger partial charge in [0.1, 0.15) is 0 Å². The third-order valence-corrected chi connectivity index (χ3v) is 19.2. The van der Waals surface area contributed by atoms with Gasteiger partial charge in [0.2, 0.25) is 5.91 Å². The molecule has 6 nitrogen and oxygen atoms in total. The van der Waals surface area contributed by atoms with Gasteiger partial charge in [0.05, 0.1) is 25.4 Å². The maximum Gasteiger partial charge on any atom is 0.305 e. The minimum absolute atomic E-state index is 0.0109. The number of hydrogen-bond donors (Lipinski definition) is 3. The molecule has 0 radical (unpaired) electrons. The van der Waals surface area contributed by atoms with Gasteiger partial charge in [-0.25, -0.2) is 0 Å². The number of aliphatic hydroxyl groups is 2. The minimum atomic E-state index is -0.664. The third-order valence-electron chi connectivity index (χ3n) is 19.2. The summed E-state index contributed by atoms with van der Waals surface area (Å²) in [6, 6.07) is -0.541. The Labute approximate surface area is 551 Å². The van der Waals surface area contributed by atoms with Crippen LogP contribution in [0.3, 0.4) is 0 Å². The van der Waals surface area contributed by atoms with E-state index in [-0.39, 0.29) is 18.5 Å². The molecule has 0 aromatic heterocycles. The molecule has 0 aliphatic rings. The molecule has 0 saturated heterocycles. The van der Waals surface area contributed by atoms with Gasteiger partial charge in [-0.2, -0.15) is 0 Å². The number of esters is 1. The van der Waals surface area contributed by atoms with E-state index in [1.54, 1.807) is 0 Å². The Morgan fingerprint density at radius 1 is 0.307 bits per heavy atom. The van der Waals surface area contributed by atoms with Crippen LogP contribution in [-0.2, 0) is 14.3 Å². The summed E-state index contributed by atoms with van der Waals surface area (Å²) in [6.07, 6.45) is 99.9. The van der Waals surface area contributed by atoms with Crippen molar-refractivity contribution in [2.24, 2.45) is 0 Å². The lowest BCUT2D eigenvalue weighted by molar-refractivity contribution is -0.143. The van der Waals surface area contributed by atoms with Crippen LogP contribution in [0, 0.1) is 0 Å². The zero-order valence-corrected chi connectivity index (χ0v) is 60.0. The molecule has 0 saturated carbocycles. The van der Waals surface area contributed by atoms with Crippen LogP contribution >= 0.6 is 0 Å². The maximum absolute atomic E-state index is 12.6. The number of allylic oxidation sites excluding steroid dienone is 4. The lowest BCUT2D eigenvalue weighted by Crippen LogP contribution is -2.45. The number of nitrogens with one attached hydrogen (secondary N) is 1. The number of aliphatic hydroxyl groups excluding tert-OH is 2. The summed E-state index contributed by atoms with van der Waals surface area (Å²) >= 11 is 0. The second-order valence-electron chi connectivity index (χ2n) is 28.1. The van der Waals surface area contributed by atoms with Gasteiger partial charge in [-0.15, -0.1) is 0 Å². The molecule has 0 bridgehead atoms. The predicted molar refractivity (Wildman–Crippen MR) is 389 cm³/mol. The summed E-state index contributed by atoms with van der Waals surface area (Å²) in [7, 11) is 0. The number of amides is 1. The molecule has 0 aromatic carbocycles. The van der Waals surface area contributed by atoms with Gasteiger partial charge >= 0.3 is 5.97 Å². The fourth-order valence-corrected chi connectivity index (χ4v) is 13.0. The number of hydrogen-bond acceptors (Lipinski definition) is 5. The lowest BCUT2D eigenvalue weighted by atomic mass is 10.0. The van der Waals surface area contributed by atoms with Gasteiger partial charge in [-0.3, -0.25) is 9.59 Å². The normalized spacial score (nSPS) is 12.5. The van der Waals surface area contributed by atoms with Gasteiger partial charge in [0.25, 0.3) is 0 Å². The second kappa shape index (κ2) is 77.8. The number of carbonyl (C=O) groups excluding carboxylic acids is 2. The number of rotatable bonds is 77. The van der Waals surface area contributed by atoms with E-state index in [0.29, 0.717) is 25.9 Å². The van der Waals surface area contributed by atoms with Crippen molar-refractivity contribution in [1.82, 2.24) is 5.32 Å². The van der Waals surface area contributed by atoms with E-state index in [4.69, 9.17) is 4.74 Å². The Morgan fingerprint density at radius 3 is 0.807 bits per heavy atom. The molecule has 0 aromatic rings. The van der Waals surface area contributed by atoms with Crippen LogP contribution in [0.1, 0.15) is 463 Å². The first-order chi connectivity index (χ1) is 43.5. The predicted octanol–water partition coefficient (Wildman–Crippen LogP) is 26.8. The molecular formula is C82H159NO5. The summed E-state index contributed by atoms with van der Waals surface area (Å²) in [6.45, 7) is 5.00. The quantitative estimate of drug-likeness (QED) is 0.0320. The summed E-state index contributed by atoms with van der Waals surface area (Å²) in [5, 5.41) is 23.5. The Morgan fingerprint density at radius 2 is 0.534 bits per heavy atom. The Balaban J connectivity index is 3.36. The fourth-order valence-electron chi connectivity index (χ4n) is 13.0. The average molecular weight is 1240 g/mol. The SMILES string of the molecule is CCCCCCCC/C=C\CCCCCCCC(=O)OCCCCCCCCCCCCCC/C=C\CCCCCCCCCCCCCCCCCC(=O)NC(CO)C(O)CCCCCCCCCCCCCCCCCCCCCCCCCCC. The molecule has 3 N–H and O–H groups in total. The highest BCUT2D eigenvalue weighted by atomic mass is 16.5. The largest absolute Gasteiger partial charge is 0.466 e. The van der Waals surface area contributed by atoms with Crippen LogP contribution in [0.15, 0.2) is 24.3 Å². The van der Waals surface area contributed by atoms with Crippen molar-refractivity contribution in [1.29, 1.82) is 0 Å². The molecule has 0 aliphatic heterocycles. The number of unbranched alkanes of at least 4 members (excludes halogenated alkanes) is 62. The summed E-state index contributed by atoms with van der Waals surface area (Å²) in [5.74, 6) is -0.0160. The van der Waals surface area contributed by atoms with Crippen molar-refractivity contribution in [2.45, 2.75) is 475 Å². The van der Waals surface area contributed by atoms with Crippen molar-refractivity contribution >= 4 is 11.9 Å². The highest BCUT2D eigenvalue weighted by molar-refractivity contribution is 5.76. The monoisotopic (exact) mass is 1240 g/mol. The summed E-state index contributed by atoms with van der Waals surface area (Å²) in [5.41, 5.74) is 0. The standard InChI is InChI=1S/C82H159NO5/c1-3-5-7-9-11-13-15-17-19-20-21-22-23-31-34-37-40-43-47-50-54-58-62-66-70-74-80(85)79(78-84)83-81(86)75-71-67-63-59-55-51-48-44-41-38-35-32-29-27-25-24-26-28-30-33-36-39-42-45-49-53-57-61-65-69-73-77-88-82(87)76-72-68-64-60-56-52-46-18-16-14-12-10-8-6-4-2/h18,26,28,46,79-80,84-85H,3-17,19-25,27,29-45,47-78H2,1-2H3,(H,83,86)/b28-26-,46-18-. The van der Waals surface area contributed by atoms with Crippen molar-refractivity contribution in [2.75, 3.05) is 13.2 Å². The van der Waals surface area contributed by atoms with E-state index in [1.165, 1.54) is 385 Å². The number of carbonyl (C=O) groups is 2. The molecule has 2 atom stereocenters. The van der Waals surface area contributed by atoms with Crippen molar-refractivity contribution in [3.05, 3.63) is 24.3 Å². The summed E-state index contributed by atoms with van der Waals surface area (Å²) in [4.78, 5) is 24.7. The third kappa shape index (κ3) is 73.4. The lowest BCUT2D eigenvalue weighted by Gasteiger charge is -2.22. The van der Waals surface area contributed by atoms with Gasteiger partial charge in [-0.1, -0.05) is 398 Å². The van der Waals surface area contributed by atoms with Gasteiger partial charge in [0.15, 0.2) is 0 Å². The van der Waals surface area contributed by atoms with E-state index in [2.05, 4.69) is 43.5 Å². The van der Waals surface area contributed by atoms with E-state index >= 15 is 0 Å². The van der Waals surface area contributed by atoms with Crippen molar-refractivity contribution in [3.63, 3.8) is 0 Å². The Bertz CT molecular complexity index is 1380. The Kier molecular flexibility index (Phi) is 76.3. The molecule has 88 heavy (non-hydrogen) atoms. The fraction of sp³-hybridized carbons (Fsp3) is 0.927. The van der Waals surface area contributed by atoms with Gasteiger partial charge in [0, 0.05) is 12.8 Å². The smallest absolute Gasteiger partial charge is 0.305 e. The molecule has 0 heterocycles. The molecule has 6 heteroatoms. The Hall–Kier alpha value is -1.66. The van der Waals surface area contributed by atoms with Crippen molar-refractivity contribution in [3.8, 4) is 0 Å². The number of ether oxygens (including phenoxy) is 1. The van der Waals surface area contributed by atoms with Gasteiger partial charge in [-0.05, 0) is 77.0 Å². The molecule has 2 unspecified atom stereocenters. The zero-order valence-electron chi connectivity index (χ0n) is 60.0. The molecule has 0 spiro atoms. The molecule has 0 aliphatic carbocycles. The van der Waals surface area contributed by atoms with Gasteiger partial charge < -0.3 is 20.3 Å². The molecule has 522 valence electrons. The van der Waals surface area contributed by atoms with Crippen LogP contribution in [0.5, 0.6) is 0 Å². The van der Waals surface area contributed by atoms with Crippen molar-refractivity contribution < 1.29 is 24.5 Å². The average Bonchev–Trinajstić information content (AvgIpc) is 3.58. The van der Waals surface area contributed by atoms with Crippen LogP contribution in [0.2, 0.25) is 0 Å². The van der Waals surface area contributed by atoms with E-state index in [0.717, 1.165) is 44.9 Å². The highest BCUT2D eigenvalue weighted by Crippen LogP contribution is 2.20. The molecule has 1 amide bonds. The van der Waals surface area contributed by atoms with Crippen LogP contribution in [0.4, 0.5) is 0 Å².